The number of hydrogen-bond donors (Lipinski definition) is 0. The van der Waals surface area contributed by atoms with E-state index in [1.54, 1.807) is 0 Å². The number of anilines is 1. The van der Waals surface area contributed by atoms with Crippen molar-refractivity contribution >= 4 is 11.6 Å². The Bertz CT molecular complexity index is 694. The zero-order valence-electron chi connectivity index (χ0n) is 16.8. The van der Waals surface area contributed by atoms with Gasteiger partial charge in [-0.2, -0.15) is 0 Å². The predicted molar refractivity (Wildman–Crippen MR) is 111 cm³/mol. The molecular weight excluding hydrogens is 353 g/mol. The summed E-state index contributed by atoms with van der Waals surface area (Å²) in [7, 11) is 0. The van der Waals surface area contributed by atoms with E-state index in [-0.39, 0.29) is 5.82 Å². The summed E-state index contributed by atoms with van der Waals surface area (Å²) in [6.45, 7) is 5.73. The fourth-order valence-electron chi connectivity index (χ4n) is 4.85. The van der Waals surface area contributed by atoms with Gasteiger partial charge < -0.3 is 9.80 Å². The van der Waals surface area contributed by atoms with E-state index in [2.05, 4.69) is 20.8 Å². The Morgan fingerprint density at radius 1 is 1.00 bits per heavy atom. The Hall–Kier alpha value is -1.88. The number of piperazine rings is 1. The van der Waals surface area contributed by atoms with E-state index in [1.165, 1.54) is 37.0 Å². The van der Waals surface area contributed by atoms with Crippen LogP contribution in [0, 0.1) is 5.82 Å². The molecule has 152 valence electrons. The zero-order valence-corrected chi connectivity index (χ0v) is 16.8. The van der Waals surface area contributed by atoms with E-state index in [9.17, 15) is 9.18 Å². The van der Waals surface area contributed by atoms with Crippen LogP contribution in [0.5, 0.6) is 0 Å². The lowest BCUT2D eigenvalue weighted by Crippen LogP contribution is -2.55. The molecule has 2 saturated heterocycles. The minimum Gasteiger partial charge on any atom is -0.369 e. The molecule has 1 amide bonds. The van der Waals surface area contributed by atoms with Crippen LogP contribution in [0.3, 0.4) is 0 Å². The maximum atomic E-state index is 13.1. The number of likely N-dealkylation sites (tertiary alicyclic amines) is 1. The topological polar surface area (TPSA) is 26.8 Å². The minimum atomic E-state index is -0.182. The molecule has 28 heavy (non-hydrogen) atoms. The number of carbonyl (C=O) groups is 1. The van der Waals surface area contributed by atoms with E-state index < -0.39 is 0 Å². The van der Waals surface area contributed by atoms with E-state index in [4.69, 9.17) is 0 Å². The highest BCUT2D eigenvalue weighted by Gasteiger charge is 2.30. The largest absolute Gasteiger partial charge is 0.369 e. The van der Waals surface area contributed by atoms with Gasteiger partial charge in [-0.3, -0.25) is 9.69 Å². The summed E-state index contributed by atoms with van der Waals surface area (Å²) in [5.41, 5.74) is 2.45. The number of benzene rings is 1. The monoisotopic (exact) mass is 385 g/mol. The van der Waals surface area contributed by atoms with Gasteiger partial charge >= 0.3 is 0 Å². The predicted octanol–water partition coefficient (Wildman–Crippen LogP) is 3.83. The van der Waals surface area contributed by atoms with Crippen LogP contribution in [0.4, 0.5) is 10.1 Å². The van der Waals surface area contributed by atoms with Gasteiger partial charge in [-0.1, -0.05) is 11.6 Å². The number of piperidine rings is 1. The third-order valence-corrected chi connectivity index (χ3v) is 6.53. The van der Waals surface area contributed by atoms with Gasteiger partial charge in [0.1, 0.15) is 5.82 Å². The molecule has 0 bridgehead atoms. The molecule has 1 atom stereocenters. The third kappa shape index (κ3) is 4.75. The number of halogens is 1. The molecule has 0 radical (unpaired) electrons. The highest BCUT2D eigenvalue weighted by Crippen LogP contribution is 2.24. The number of rotatable bonds is 4. The second kappa shape index (κ2) is 9.08. The van der Waals surface area contributed by atoms with Crippen molar-refractivity contribution in [1.29, 1.82) is 0 Å². The van der Waals surface area contributed by atoms with Gasteiger partial charge in [0.25, 0.3) is 0 Å². The molecule has 1 aromatic rings. The molecule has 3 aliphatic rings. The molecule has 1 aliphatic carbocycles. The Morgan fingerprint density at radius 2 is 1.79 bits per heavy atom. The smallest absolute Gasteiger partial charge is 0.226 e. The lowest BCUT2D eigenvalue weighted by Gasteiger charge is -2.44. The first kappa shape index (κ1) is 19.4. The first-order chi connectivity index (χ1) is 13.7. The third-order valence-electron chi connectivity index (χ3n) is 6.53. The Morgan fingerprint density at radius 3 is 2.50 bits per heavy atom. The Kier molecular flexibility index (Phi) is 6.30. The van der Waals surface area contributed by atoms with Crippen molar-refractivity contribution in [2.75, 3.05) is 44.2 Å². The molecule has 2 heterocycles. The summed E-state index contributed by atoms with van der Waals surface area (Å²) in [6.07, 6.45) is 9.96. The van der Waals surface area contributed by atoms with Crippen molar-refractivity contribution in [2.45, 2.75) is 51.0 Å². The molecule has 0 aromatic heterocycles. The molecule has 5 heteroatoms. The molecule has 0 spiro atoms. The minimum absolute atomic E-state index is 0.182. The van der Waals surface area contributed by atoms with Crippen LogP contribution in [0.25, 0.3) is 0 Å². The second-order valence-electron chi connectivity index (χ2n) is 8.42. The van der Waals surface area contributed by atoms with Gasteiger partial charge in [0.15, 0.2) is 0 Å². The highest BCUT2D eigenvalue weighted by atomic mass is 19.1. The normalized spacial score (nSPS) is 24.2. The van der Waals surface area contributed by atoms with Crippen LogP contribution < -0.4 is 4.90 Å². The number of allylic oxidation sites excluding steroid dienone is 1. The average molecular weight is 386 g/mol. The summed E-state index contributed by atoms with van der Waals surface area (Å²) in [5.74, 6) is 0.140. The van der Waals surface area contributed by atoms with Crippen molar-refractivity contribution in [3.8, 4) is 0 Å². The van der Waals surface area contributed by atoms with Crippen molar-refractivity contribution in [3.63, 3.8) is 0 Å². The Labute approximate surface area is 168 Å². The zero-order chi connectivity index (χ0) is 19.3. The molecule has 4 rings (SSSR count). The fraction of sp³-hybridized carbons (Fsp3) is 0.609. The lowest BCUT2D eigenvalue weighted by atomic mass is 9.96. The Balaban J connectivity index is 1.28. The van der Waals surface area contributed by atoms with Crippen LogP contribution in [0.1, 0.15) is 44.9 Å². The quantitative estimate of drug-likeness (QED) is 0.737. The summed E-state index contributed by atoms with van der Waals surface area (Å²) >= 11 is 0. The maximum absolute atomic E-state index is 13.1. The van der Waals surface area contributed by atoms with Crippen LogP contribution >= 0.6 is 0 Å². The van der Waals surface area contributed by atoms with E-state index >= 15 is 0 Å². The average Bonchev–Trinajstić information content (AvgIpc) is 2.75. The molecule has 0 saturated carbocycles. The van der Waals surface area contributed by atoms with Gasteiger partial charge in [0.05, 0.1) is 0 Å². The first-order valence-electron chi connectivity index (χ1n) is 10.9. The van der Waals surface area contributed by atoms with Crippen molar-refractivity contribution in [3.05, 3.63) is 41.7 Å². The maximum Gasteiger partial charge on any atom is 0.226 e. The van der Waals surface area contributed by atoms with Crippen molar-refractivity contribution in [2.24, 2.45) is 0 Å². The first-order valence-corrected chi connectivity index (χ1v) is 10.9. The standard InChI is InChI=1S/C23H32FN3O/c24-20-8-10-21(11-9-20)25-13-15-26(16-14-25)22-7-4-12-27(18-22)23(28)17-19-5-2-1-3-6-19/h5,8-11,22H,1-4,6-7,12-18H2/t22-/m1/s1. The van der Waals surface area contributed by atoms with Gasteiger partial charge in [-0.15, -0.1) is 0 Å². The van der Waals surface area contributed by atoms with Gasteiger partial charge in [-0.05, 0) is 62.8 Å². The lowest BCUT2D eigenvalue weighted by molar-refractivity contribution is -0.132. The van der Waals surface area contributed by atoms with Gasteiger partial charge in [-0.25, -0.2) is 4.39 Å². The van der Waals surface area contributed by atoms with Crippen LogP contribution in [-0.2, 0) is 4.79 Å². The van der Waals surface area contributed by atoms with Gasteiger partial charge in [0, 0.05) is 57.4 Å². The summed E-state index contributed by atoms with van der Waals surface area (Å²) < 4.78 is 13.1. The molecular formula is C23H32FN3O. The van der Waals surface area contributed by atoms with E-state index in [0.29, 0.717) is 18.4 Å². The van der Waals surface area contributed by atoms with Crippen molar-refractivity contribution in [1.82, 2.24) is 9.80 Å². The van der Waals surface area contributed by atoms with Crippen LogP contribution in [-0.4, -0.2) is 61.0 Å². The molecule has 0 unspecified atom stereocenters. The molecule has 2 aliphatic heterocycles. The second-order valence-corrected chi connectivity index (χ2v) is 8.42. The van der Waals surface area contributed by atoms with Crippen LogP contribution in [0.15, 0.2) is 35.9 Å². The SMILES string of the molecule is O=C(CC1=CCCCC1)N1CCC[C@@H](N2CCN(c3ccc(F)cc3)CC2)C1. The van der Waals surface area contributed by atoms with E-state index in [0.717, 1.165) is 64.2 Å². The number of carbonyl (C=O) groups excluding carboxylic acids is 1. The summed E-state index contributed by atoms with van der Waals surface area (Å²) in [4.78, 5) is 19.8. The van der Waals surface area contributed by atoms with E-state index in [1.807, 2.05) is 12.1 Å². The molecule has 1 aromatic carbocycles. The van der Waals surface area contributed by atoms with Crippen LogP contribution in [0.2, 0.25) is 0 Å². The highest BCUT2D eigenvalue weighted by molar-refractivity contribution is 5.79. The summed E-state index contributed by atoms with van der Waals surface area (Å²) in [6, 6.07) is 7.29. The molecule has 0 N–H and O–H groups in total. The summed E-state index contributed by atoms with van der Waals surface area (Å²) in [5, 5.41) is 0. The van der Waals surface area contributed by atoms with Gasteiger partial charge in [0.2, 0.25) is 5.91 Å². The fourth-order valence-corrected chi connectivity index (χ4v) is 4.85. The number of hydrogen-bond acceptors (Lipinski definition) is 3. The molecule has 4 nitrogen and oxygen atoms in total. The van der Waals surface area contributed by atoms with Crippen molar-refractivity contribution < 1.29 is 9.18 Å². The molecule has 2 fully saturated rings. The number of nitrogens with zero attached hydrogens (tertiary/aromatic N) is 3. The number of amides is 1.